The minimum atomic E-state index is -0.591. The molecule has 8 heteroatoms. The summed E-state index contributed by atoms with van der Waals surface area (Å²) in [5.74, 6) is -0.673. The van der Waals surface area contributed by atoms with Gasteiger partial charge in [-0.15, -0.1) is 0 Å². The molecular formula is C21H25N5O3. The molecule has 0 spiro atoms. The second kappa shape index (κ2) is 8.85. The Balaban J connectivity index is 1.92. The first-order valence-corrected chi connectivity index (χ1v) is 9.52. The molecule has 0 aliphatic heterocycles. The molecule has 1 atom stereocenters. The van der Waals surface area contributed by atoms with E-state index in [1.165, 1.54) is 0 Å². The molecule has 29 heavy (non-hydrogen) atoms. The van der Waals surface area contributed by atoms with Crippen molar-refractivity contribution in [3.63, 3.8) is 0 Å². The van der Waals surface area contributed by atoms with Gasteiger partial charge >= 0.3 is 0 Å². The zero-order valence-corrected chi connectivity index (χ0v) is 16.2. The Morgan fingerprint density at radius 1 is 0.897 bits per heavy atom. The van der Waals surface area contributed by atoms with E-state index < -0.39 is 6.04 Å². The maximum atomic E-state index is 13.2. The van der Waals surface area contributed by atoms with Crippen LogP contribution in [0.1, 0.15) is 38.8 Å². The monoisotopic (exact) mass is 395 g/mol. The zero-order chi connectivity index (χ0) is 21.0. The Morgan fingerprint density at radius 3 is 1.90 bits per heavy atom. The van der Waals surface area contributed by atoms with Crippen LogP contribution in [0.15, 0.2) is 36.4 Å². The highest BCUT2D eigenvalue weighted by Gasteiger charge is 2.33. The van der Waals surface area contributed by atoms with Crippen molar-refractivity contribution in [2.75, 3.05) is 36.8 Å². The topological polar surface area (TPSA) is 139 Å². The molecule has 3 rings (SSSR count). The van der Waals surface area contributed by atoms with Crippen LogP contribution in [0.4, 0.5) is 11.4 Å². The summed E-state index contributed by atoms with van der Waals surface area (Å²) in [6, 6.07) is 9.72. The van der Waals surface area contributed by atoms with Gasteiger partial charge in [0.25, 0.3) is 0 Å². The number of hydrogen-bond acceptors (Lipinski definition) is 7. The van der Waals surface area contributed by atoms with E-state index in [9.17, 15) is 14.4 Å². The predicted molar refractivity (Wildman–Crippen MR) is 112 cm³/mol. The standard InChI is InChI=1S/C21H25N5O3/c1-12(23)21(29)26-11-10-25-16-7-6-15(24-9-8-22)17-18(16)20(28)14-5-3-2-4-13(14)19(17)27/h2-7,12,24-25H,8-11,22-23H2,1H3,(H,26,29)/t12-/m0/s1. The molecule has 0 bridgehead atoms. The number of carbonyl (C=O) groups is 3. The number of rotatable bonds is 8. The number of nitrogens with one attached hydrogen (secondary N) is 3. The lowest BCUT2D eigenvalue weighted by Crippen LogP contribution is -2.40. The molecule has 0 fully saturated rings. The molecule has 0 aromatic heterocycles. The van der Waals surface area contributed by atoms with Crippen molar-refractivity contribution >= 4 is 28.8 Å². The van der Waals surface area contributed by atoms with E-state index in [0.29, 0.717) is 59.8 Å². The quantitative estimate of drug-likeness (QED) is 0.354. The molecule has 152 valence electrons. The molecule has 1 amide bonds. The minimum absolute atomic E-state index is 0.205. The summed E-state index contributed by atoms with van der Waals surface area (Å²) in [4.78, 5) is 37.9. The molecule has 8 nitrogen and oxygen atoms in total. The maximum absolute atomic E-state index is 13.2. The summed E-state index contributed by atoms with van der Waals surface area (Å²) < 4.78 is 0. The van der Waals surface area contributed by atoms with Crippen LogP contribution < -0.4 is 27.4 Å². The second-order valence-electron chi connectivity index (χ2n) is 6.84. The summed E-state index contributed by atoms with van der Waals surface area (Å²) >= 11 is 0. The van der Waals surface area contributed by atoms with Gasteiger partial charge in [0.15, 0.2) is 11.6 Å². The Hall–Kier alpha value is -3.23. The lowest BCUT2D eigenvalue weighted by atomic mass is 9.82. The molecular weight excluding hydrogens is 370 g/mol. The number of carbonyl (C=O) groups excluding carboxylic acids is 3. The van der Waals surface area contributed by atoms with Crippen LogP contribution in [0.25, 0.3) is 0 Å². The van der Waals surface area contributed by atoms with Crippen LogP contribution in [0.2, 0.25) is 0 Å². The van der Waals surface area contributed by atoms with Gasteiger partial charge in [0, 0.05) is 48.7 Å². The Labute approximate surface area is 169 Å². The van der Waals surface area contributed by atoms with Crippen molar-refractivity contribution in [3.8, 4) is 0 Å². The van der Waals surface area contributed by atoms with E-state index in [2.05, 4.69) is 16.0 Å². The molecule has 0 unspecified atom stereocenters. The highest BCUT2D eigenvalue weighted by atomic mass is 16.2. The number of hydrogen-bond donors (Lipinski definition) is 5. The largest absolute Gasteiger partial charge is 0.383 e. The second-order valence-corrected chi connectivity index (χ2v) is 6.84. The predicted octanol–water partition coefficient (Wildman–Crippen LogP) is 0.708. The van der Waals surface area contributed by atoms with E-state index in [4.69, 9.17) is 11.5 Å². The molecule has 0 radical (unpaired) electrons. The highest BCUT2D eigenvalue weighted by Crippen LogP contribution is 2.36. The minimum Gasteiger partial charge on any atom is -0.383 e. The smallest absolute Gasteiger partial charge is 0.236 e. The third kappa shape index (κ3) is 4.13. The fraction of sp³-hybridized carbons (Fsp3) is 0.286. The van der Waals surface area contributed by atoms with E-state index in [1.807, 2.05) is 0 Å². The van der Waals surface area contributed by atoms with Gasteiger partial charge in [0.1, 0.15) is 0 Å². The SMILES string of the molecule is C[C@H](N)C(=O)NCCNc1ccc(NCCN)c2c1C(=O)c1ccccc1C2=O. The lowest BCUT2D eigenvalue weighted by Gasteiger charge is -2.24. The summed E-state index contributed by atoms with van der Waals surface area (Å²) in [6.07, 6.45) is 0. The Kier molecular flexibility index (Phi) is 6.26. The molecule has 0 heterocycles. The first-order chi connectivity index (χ1) is 14.0. The number of benzene rings is 2. The van der Waals surface area contributed by atoms with Gasteiger partial charge in [0.2, 0.25) is 5.91 Å². The van der Waals surface area contributed by atoms with Crippen molar-refractivity contribution < 1.29 is 14.4 Å². The molecule has 0 saturated carbocycles. The van der Waals surface area contributed by atoms with Crippen LogP contribution in [0.3, 0.4) is 0 Å². The van der Waals surface area contributed by atoms with E-state index in [0.717, 1.165) is 0 Å². The summed E-state index contributed by atoms with van der Waals surface area (Å²) in [5.41, 5.74) is 13.7. The van der Waals surface area contributed by atoms with Gasteiger partial charge in [0.05, 0.1) is 17.2 Å². The molecule has 2 aromatic rings. The van der Waals surface area contributed by atoms with Gasteiger partial charge in [-0.2, -0.15) is 0 Å². The third-order valence-electron chi connectivity index (χ3n) is 4.69. The average Bonchev–Trinajstić information content (AvgIpc) is 2.73. The number of nitrogens with two attached hydrogens (primary N) is 2. The van der Waals surface area contributed by atoms with Gasteiger partial charge in [-0.3, -0.25) is 14.4 Å². The van der Waals surface area contributed by atoms with Gasteiger partial charge < -0.3 is 27.4 Å². The third-order valence-corrected chi connectivity index (χ3v) is 4.69. The van der Waals surface area contributed by atoms with Gasteiger partial charge in [-0.1, -0.05) is 24.3 Å². The van der Waals surface area contributed by atoms with E-state index >= 15 is 0 Å². The van der Waals surface area contributed by atoms with Crippen LogP contribution in [0.5, 0.6) is 0 Å². The first-order valence-electron chi connectivity index (χ1n) is 9.52. The molecule has 2 aromatic carbocycles. The van der Waals surface area contributed by atoms with Crippen molar-refractivity contribution in [1.82, 2.24) is 5.32 Å². The normalized spacial score (nSPS) is 13.3. The first kappa shape index (κ1) is 20.5. The van der Waals surface area contributed by atoms with E-state index in [-0.39, 0.29) is 17.5 Å². The molecule has 0 saturated heterocycles. The fourth-order valence-corrected chi connectivity index (χ4v) is 3.27. The van der Waals surface area contributed by atoms with E-state index in [1.54, 1.807) is 43.3 Å². The Morgan fingerprint density at radius 2 is 1.41 bits per heavy atom. The van der Waals surface area contributed by atoms with Crippen molar-refractivity contribution in [1.29, 1.82) is 0 Å². The van der Waals surface area contributed by atoms with Gasteiger partial charge in [-0.25, -0.2) is 0 Å². The lowest BCUT2D eigenvalue weighted by molar-refractivity contribution is -0.121. The highest BCUT2D eigenvalue weighted by molar-refractivity contribution is 6.31. The summed E-state index contributed by atoms with van der Waals surface area (Å²) in [7, 11) is 0. The molecule has 7 N–H and O–H groups in total. The molecule has 1 aliphatic rings. The fourth-order valence-electron chi connectivity index (χ4n) is 3.27. The van der Waals surface area contributed by atoms with Crippen LogP contribution in [-0.2, 0) is 4.79 Å². The van der Waals surface area contributed by atoms with Crippen molar-refractivity contribution in [3.05, 3.63) is 58.7 Å². The summed E-state index contributed by atoms with van der Waals surface area (Å²) in [5, 5.41) is 8.98. The summed E-state index contributed by atoms with van der Waals surface area (Å²) in [6.45, 7) is 3.19. The van der Waals surface area contributed by atoms with Gasteiger partial charge in [-0.05, 0) is 19.1 Å². The molecule has 1 aliphatic carbocycles. The van der Waals surface area contributed by atoms with Crippen LogP contribution in [-0.4, -0.2) is 49.7 Å². The Bertz CT molecular complexity index is 955. The maximum Gasteiger partial charge on any atom is 0.236 e. The number of fused-ring (bicyclic) bond motifs is 2. The number of ketones is 2. The number of anilines is 2. The zero-order valence-electron chi connectivity index (χ0n) is 16.2. The number of amides is 1. The van der Waals surface area contributed by atoms with Crippen LogP contribution >= 0.6 is 0 Å². The van der Waals surface area contributed by atoms with Crippen molar-refractivity contribution in [2.45, 2.75) is 13.0 Å². The van der Waals surface area contributed by atoms with Crippen LogP contribution in [0, 0.1) is 0 Å². The van der Waals surface area contributed by atoms with Crippen molar-refractivity contribution in [2.24, 2.45) is 11.5 Å². The average molecular weight is 395 g/mol.